The average molecular weight is 298 g/mol. The summed E-state index contributed by atoms with van der Waals surface area (Å²) in [5.74, 6) is 0. The van der Waals surface area contributed by atoms with Gasteiger partial charge < -0.3 is 9.47 Å². The van der Waals surface area contributed by atoms with Crippen molar-refractivity contribution in [2.45, 2.75) is 79.9 Å². The molecule has 0 radical (unpaired) electrons. The Hall–Kier alpha value is -0.160. The molecule has 2 aliphatic heterocycles. The van der Waals surface area contributed by atoms with Crippen molar-refractivity contribution >= 4 is 0 Å². The lowest BCUT2D eigenvalue weighted by molar-refractivity contribution is -0.0828. The van der Waals surface area contributed by atoms with Gasteiger partial charge >= 0.3 is 0 Å². The molecule has 0 spiro atoms. The summed E-state index contributed by atoms with van der Waals surface area (Å²) in [5, 5.41) is 7.32. The summed E-state index contributed by atoms with van der Waals surface area (Å²) in [6, 6.07) is 0.781. The SMILES string of the molecule is CC(C)(C)C1COC(C(C)(C)[C@@H]2NC(C(C)(C)C)CO2)N1. The molecule has 0 saturated carbocycles. The van der Waals surface area contributed by atoms with Crippen LogP contribution in [0.15, 0.2) is 0 Å². The fourth-order valence-corrected chi connectivity index (χ4v) is 2.94. The van der Waals surface area contributed by atoms with Gasteiger partial charge in [0.25, 0.3) is 0 Å². The highest BCUT2D eigenvalue weighted by molar-refractivity contribution is 4.97. The molecule has 4 atom stereocenters. The van der Waals surface area contributed by atoms with Crippen molar-refractivity contribution in [2.24, 2.45) is 16.2 Å². The maximum Gasteiger partial charge on any atom is 0.117 e. The van der Waals surface area contributed by atoms with Crippen molar-refractivity contribution in [3.8, 4) is 0 Å². The van der Waals surface area contributed by atoms with Crippen molar-refractivity contribution in [1.82, 2.24) is 10.6 Å². The molecule has 2 heterocycles. The van der Waals surface area contributed by atoms with E-state index in [2.05, 4.69) is 66.0 Å². The number of rotatable bonds is 2. The van der Waals surface area contributed by atoms with Gasteiger partial charge in [0.15, 0.2) is 0 Å². The third kappa shape index (κ3) is 3.61. The Kier molecular flexibility index (Phi) is 4.49. The first-order valence-electron chi connectivity index (χ1n) is 8.17. The first-order valence-corrected chi connectivity index (χ1v) is 8.17. The predicted molar refractivity (Wildman–Crippen MR) is 86.0 cm³/mol. The molecule has 4 nitrogen and oxygen atoms in total. The summed E-state index contributed by atoms with van der Waals surface area (Å²) in [7, 11) is 0. The molecule has 2 N–H and O–H groups in total. The fraction of sp³-hybridized carbons (Fsp3) is 1.00. The number of hydrogen-bond acceptors (Lipinski definition) is 4. The summed E-state index contributed by atoms with van der Waals surface area (Å²) in [6.45, 7) is 19.5. The van der Waals surface area contributed by atoms with Crippen LogP contribution < -0.4 is 10.6 Å². The van der Waals surface area contributed by atoms with Crippen LogP contribution in [0, 0.1) is 16.2 Å². The summed E-state index contributed by atoms with van der Waals surface area (Å²) < 4.78 is 12.1. The van der Waals surface area contributed by atoms with Crippen LogP contribution in [0.3, 0.4) is 0 Å². The van der Waals surface area contributed by atoms with E-state index in [0.29, 0.717) is 12.1 Å². The topological polar surface area (TPSA) is 42.5 Å². The van der Waals surface area contributed by atoms with E-state index in [1.807, 2.05) is 0 Å². The van der Waals surface area contributed by atoms with Crippen LogP contribution in [-0.2, 0) is 9.47 Å². The summed E-state index contributed by atoms with van der Waals surface area (Å²) in [6.07, 6.45) is 0.0517. The highest BCUT2D eigenvalue weighted by Gasteiger charge is 2.48. The molecule has 0 aliphatic carbocycles. The van der Waals surface area contributed by atoms with E-state index < -0.39 is 0 Å². The molecule has 21 heavy (non-hydrogen) atoms. The van der Waals surface area contributed by atoms with Gasteiger partial charge in [0, 0.05) is 17.5 Å². The van der Waals surface area contributed by atoms with Crippen molar-refractivity contribution in [1.29, 1.82) is 0 Å². The number of hydrogen-bond donors (Lipinski definition) is 2. The Balaban J connectivity index is 2.00. The van der Waals surface area contributed by atoms with Gasteiger partial charge in [-0.25, -0.2) is 0 Å². The Morgan fingerprint density at radius 2 is 1.00 bits per heavy atom. The minimum atomic E-state index is -0.111. The molecule has 0 aromatic rings. The first-order chi connectivity index (χ1) is 9.42. The van der Waals surface area contributed by atoms with E-state index in [1.54, 1.807) is 0 Å². The maximum absolute atomic E-state index is 6.06. The second-order valence-electron chi connectivity index (χ2n) is 9.42. The van der Waals surface area contributed by atoms with Gasteiger partial charge in [-0.3, -0.25) is 10.6 Å². The van der Waals surface area contributed by atoms with Crippen LogP contribution in [0.2, 0.25) is 0 Å². The highest BCUT2D eigenvalue weighted by Crippen LogP contribution is 2.37. The molecular formula is C17H34N2O2. The molecule has 3 unspecified atom stereocenters. The molecule has 0 amide bonds. The van der Waals surface area contributed by atoms with E-state index >= 15 is 0 Å². The molecule has 2 saturated heterocycles. The highest BCUT2D eigenvalue weighted by atomic mass is 16.5. The van der Waals surface area contributed by atoms with Gasteiger partial charge in [-0.1, -0.05) is 55.4 Å². The zero-order valence-electron chi connectivity index (χ0n) is 15.0. The van der Waals surface area contributed by atoms with Crippen molar-refractivity contribution in [3.05, 3.63) is 0 Å². The Morgan fingerprint density at radius 3 is 1.24 bits per heavy atom. The minimum Gasteiger partial charge on any atom is -0.361 e. The Labute approximate surface area is 130 Å². The normalized spacial score (nSPS) is 35.4. The van der Waals surface area contributed by atoms with Gasteiger partial charge in [-0.05, 0) is 10.8 Å². The molecule has 4 heteroatoms. The largest absolute Gasteiger partial charge is 0.361 e. The Bertz CT molecular complexity index is 334. The van der Waals surface area contributed by atoms with Crippen LogP contribution in [0.5, 0.6) is 0 Å². The van der Waals surface area contributed by atoms with E-state index in [0.717, 1.165) is 13.2 Å². The van der Waals surface area contributed by atoms with Crippen LogP contribution in [0.4, 0.5) is 0 Å². The number of ether oxygens (including phenoxy) is 2. The third-order valence-electron chi connectivity index (χ3n) is 5.01. The molecule has 0 aromatic heterocycles. The number of nitrogens with one attached hydrogen (secondary N) is 2. The first kappa shape index (κ1) is 17.2. The monoisotopic (exact) mass is 298 g/mol. The van der Waals surface area contributed by atoms with Gasteiger partial charge in [0.1, 0.15) is 12.5 Å². The van der Waals surface area contributed by atoms with Gasteiger partial charge in [-0.15, -0.1) is 0 Å². The lowest BCUT2D eigenvalue weighted by Crippen LogP contribution is -2.54. The molecule has 124 valence electrons. The van der Waals surface area contributed by atoms with Crippen LogP contribution in [0.1, 0.15) is 55.4 Å². The van der Waals surface area contributed by atoms with Crippen LogP contribution in [0.25, 0.3) is 0 Å². The van der Waals surface area contributed by atoms with Crippen LogP contribution >= 0.6 is 0 Å². The third-order valence-corrected chi connectivity index (χ3v) is 5.01. The second kappa shape index (κ2) is 5.48. The zero-order valence-corrected chi connectivity index (χ0v) is 15.0. The van der Waals surface area contributed by atoms with Gasteiger partial charge in [0.2, 0.25) is 0 Å². The minimum absolute atomic E-state index is 0.0259. The standard InChI is InChI=1S/C17H34N2O2/c1-15(2,3)11-9-20-13(18-11)17(7,8)14-19-12(10-21-14)16(4,5)6/h11-14,18-19H,9-10H2,1-8H3/t11?,12?,13-,14?/m1/s1. The molecule has 2 rings (SSSR count). The van der Waals surface area contributed by atoms with Gasteiger partial charge in [-0.2, -0.15) is 0 Å². The van der Waals surface area contributed by atoms with Crippen LogP contribution in [-0.4, -0.2) is 37.8 Å². The Morgan fingerprint density at radius 1 is 0.667 bits per heavy atom. The van der Waals surface area contributed by atoms with E-state index in [-0.39, 0.29) is 28.7 Å². The second-order valence-corrected chi connectivity index (χ2v) is 9.42. The lowest BCUT2D eigenvalue weighted by atomic mass is 9.84. The summed E-state index contributed by atoms with van der Waals surface area (Å²) >= 11 is 0. The molecule has 0 bridgehead atoms. The quantitative estimate of drug-likeness (QED) is 0.822. The predicted octanol–water partition coefficient (Wildman–Crippen LogP) is 2.73. The summed E-state index contributed by atoms with van der Waals surface area (Å²) in [5.41, 5.74) is 0.311. The van der Waals surface area contributed by atoms with Crippen molar-refractivity contribution in [2.75, 3.05) is 13.2 Å². The van der Waals surface area contributed by atoms with E-state index in [1.165, 1.54) is 0 Å². The maximum atomic E-state index is 6.06. The van der Waals surface area contributed by atoms with Gasteiger partial charge in [0.05, 0.1) is 13.2 Å². The van der Waals surface area contributed by atoms with Crippen molar-refractivity contribution < 1.29 is 9.47 Å². The molecule has 2 aliphatic rings. The van der Waals surface area contributed by atoms with Crippen molar-refractivity contribution in [3.63, 3.8) is 0 Å². The fourth-order valence-electron chi connectivity index (χ4n) is 2.94. The zero-order chi connectivity index (χ0) is 16.1. The van der Waals surface area contributed by atoms with E-state index in [9.17, 15) is 0 Å². The average Bonchev–Trinajstić information content (AvgIpc) is 2.97. The molecule has 2 fully saturated rings. The molecule has 0 aromatic carbocycles. The van der Waals surface area contributed by atoms with E-state index in [4.69, 9.17) is 9.47 Å². The molecular weight excluding hydrogens is 264 g/mol. The lowest BCUT2D eigenvalue weighted by Gasteiger charge is -2.37. The summed E-state index contributed by atoms with van der Waals surface area (Å²) in [4.78, 5) is 0. The smallest absolute Gasteiger partial charge is 0.117 e.